The van der Waals surface area contributed by atoms with Gasteiger partial charge in [-0.25, -0.2) is 4.79 Å². The van der Waals surface area contributed by atoms with Gasteiger partial charge in [0.25, 0.3) is 0 Å². The van der Waals surface area contributed by atoms with Gasteiger partial charge in [-0.2, -0.15) is 5.10 Å². The van der Waals surface area contributed by atoms with Gasteiger partial charge in [-0.15, -0.1) is 0 Å². The molecule has 0 spiro atoms. The van der Waals surface area contributed by atoms with Gasteiger partial charge in [0.05, 0.1) is 29.9 Å². The first kappa shape index (κ1) is 13.4. The van der Waals surface area contributed by atoms with Crippen molar-refractivity contribution in [3.05, 3.63) is 28.4 Å². The van der Waals surface area contributed by atoms with Crippen molar-refractivity contribution in [2.75, 3.05) is 14.2 Å². The quantitative estimate of drug-likeness (QED) is 0.901. The third-order valence-corrected chi connectivity index (χ3v) is 3.36. The van der Waals surface area contributed by atoms with Gasteiger partial charge >= 0.3 is 5.97 Å². The largest absolute Gasteiger partial charge is 0.496 e. The third kappa shape index (κ3) is 2.41. The highest BCUT2D eigenvalue weighted by molar-refractivity contribution is 9.10. The SMILES string of the molecule is COc1ccc(OC)c(-c2cc(C(=O)O)[nH]n2)c1Br. The number of nitrogens with one attached hydrogen (secondary N) is 1. The van der Waals surface area contributed by atoms with Crippen molar-refractivity contribution in [1.82, 2.24) is 10.2 Å². The number of carboxylic acid groups (broad SMARTS) is 1. The fraction of sp³-hybridized carbons (Fsp3) is 0.167. The van der Waals surface area contributed by atoms with E-state index in [-0.39, 0.29) is 5.69 Å². The summed E-state index contributed by atoms with van der Waals surface area (Å²) in [5, 5.41) is 15.3. The smallest absolute Gasteiger partial charge is 0.353 e. The van der Waals surface area contributed by atoms with Crippen molar-refractivity contribution in [3.63, 3.8) is 0 Å². The van der Waals surface area contributed by atoms with Gasteiger partial charge in [-0.3, -0.25) is 5.10 Å². The van der Waals surface area contributed by atoms with E-state index < -0.39 is 5.97 Å². The number of aromatic nitrogens is 2. The lowest BCUT2D eigenvalue weighted by Gasteiger charge is -2.11. The Kier molecular flexibility index (Phi) is 3.75. The van der Waals surface area contributed by atoms with Gasteiger partial charge in [0, 0.05) is 0 Å². The summed E-state index contributed by atoms with van der Waals surface area (Å²) in [6.45, 7) is 0. The Morgan fingerprint density at radius 2 is 1.95 bits per heavy atom. The molecule has 1 aromatic heterocycles. The normalized spacial score (nSPS) is 10.3. The van der Waals surface area contributed by atoms with Crippen LogP contribution in [0.25, 0.3) is 11.3 Å². The Hall–Kier alpha value is -2.02. The molecule has 2 rings (SSSR count). The lowest BCUT2D eigenvalue weighted by atomic mass is 10.1. The monoisotopic (exact) mass is 326 g/mol. The predicted molar refractivity (Wildman–Crippen MR) is 71.8 cm³/mol. The first-order chi connectivity index (χ1) is 9.08. The molecule has 0 aliphatic carbocycles. The zero-order valence-electron chi connectivity index (χ0n) is 10.2. The van der Waals surface area contributed by atoms with Gasteiger partial charge in [0.15, 0.2) is 0 Å². The van der Waals surface area contributed by atoms with Crippen LogP contribution in [-0.4, -0.2) is 35.5 Å². The van der Waals surface area contributed by atoms with E-state index in [1.807, 2.05) is 0 Å². The first-order valence-corrected chi connectivity index (χ1v) is 6.07. The molecule has 0 saturated carbocycles. The van der Waals surface area contributed by atoms with Crippen LogP contribution < -0.4 is 9.47 Å². The summed E-state index contributed by atoms with van der Waals surface area (Å²) < 4.78 is 11.1. The molecule has 0 saturated heterocycles. The molecule has 0 bridgehead atoms. The Morgan fingerprint density at radius 3 is 2.47 bits per heavy atom. The number of halogens is 1. The maximum Gasteiger partial charge on any atom is 0.353 e. The average molecular weight is 327 g/mol. The Bertz CT molecular complexity index is 624. The number of aromatic amines is 1. The minimum absolute atomic E-state index is 0.00627. The van der Waals surface area contributed by atoms with E-state index in [0.717, 1.165) is 0 Å². The lowest BCUT2D eigenvalue weighted by Crippen LogP contribution is -1.95. The Balaban J connectivity index is 2.61. The summed E-state index contributed by atoms with van der Waals surface area (Å²) in [6.07, 6.45) is 0. The molecule has 100 valence electrons. The molecule has 1 heterocycles. The zero-order valence-corrected chi connectivity index (χ0v) is 11.8. The van der Waals surface area contributed by atoms with E-state index in [9.17, 15) is 4.79 Å². The van der Waals surface area contributed by atoms with Crippen LogP contribution in [-0.2, 0) is 0 Å². The van der Waals surface area contributed by atoms with E-state index in [1.165, 1.54) is 13.2 Å². The fourth-order valence-corrected chi connectivity index (χ4v) is 2.36. The van der Waals surface area contributed by atoms with Gasteiger partial charge < -0.3 is 14.6 Å². The number of hydrogen-bond acceptors (Lipinski definition) is 4. The minimum atomic E-state index is -1.07. The molecule has 0 aliphatic rings. The average Bonchev–Trinajstić information content (AvgIpc) is 2.87. The van der Waals surface area contributed by atoms with Crippen LogP contribution in [0.5, 0.6) is 11.5 Å². The van der Waals surface area contributed by atoms with Crippen LogP contribution in [0, 0.1) is 0 Å². The number of methoxy groups -OCH3 is 2. The van der Waals surface area contributed by atoms with Gasteiger partial charge in [-0.1, -0.05) is 0 Å². The van der Waals surface area contributed by atoms with Crippen LogP contribution >= 0.6 is 15.9 Å². The number of hydrogen-bond donors (Lipinski definition) is 2. The highest BCUT2D eigenvalue weighted by Crippen LogP contribution is 2.41. The van der Waals surface area contributed by atoms with Crippen LogP contribution in [0.3, 0.4) is 0 Å². The van der Waals surface area contributed by atoms with Crippen molar-refractivity contribution in [1.29, 1.82) is 0 Å². The van der Waals surface area contributed by atoms with Crippen molar-refractivity contribution in [2.24, 2.45) is 0 Å². The summed E-state index contributed by atoms with van der Waals surface area (Å²) in [6, 6.07) is 4.91. The van der Waals surface area contributed by atoms with Crippen LogP contribution in [0.4, 0.5) is 0 Å². The number of ether oxygens (including phenoxy) is 2. The molecule has 0 radical (unpaired) electrons. The molecule has 19 heavy (non-hydrogen) atoms. The van der Waals surface area contributed by atoms with Gasteiger partial charge in [-0.05, 0) is 34.1 Å². The molecule has 2 aromatic rings. The topological polar surface area (TPSA) is 84.4 Å². The second-order valence-electron chi connectivity index (χ2n) is 3.63. The number of rotatable bonds is 4. The van der Waals surface area contributed by atoms with Crippen molar-refractivity contribution in [2.45, 2.75) is 0 Å². The van der Waals surface area contributed by atoms with E-state index >= 15 is 0 Å². The van der Waals surface area contributed by atoms with Crippen LogP contribution in [0.1, 0.15) is 10.5 Å². The number of nitrogens with zero attached hydrogens (tertiary/aromatic N) is 1. The number of H-pyrrole nitrogens is 1. The van der Waals surface area contributed by atoms with Crippen molar-refractivity contribution >= 4 is 21.9 Å². The van der Waals surface area contributed by atoms with E-state index in [0.29, 0.717) is 27.2 Å². The number of carboxylic acids is 1. The summed E-state index contributed by atoms with van der Waals surface area (Å²) in [5.41, 5.74) is 1.09. The lowest BCUT2D eigenvalue weighted by molar-refractivity contribution is 0.0690. The van der Waals surface area contributed by atoms with E-state index in [2.05, 4.69) is 26.1 Å². The summed E-state index contributed by atoms with van der Waals surface area (Å²) >= 11 is 3.41. The molecule has 0 unspecified atom stereocenters. The van der Waals surface area contributed by atoms with Gasteiger partial charge in [0.2, 0.25) is 0 Å². The van der Waals surface area contributed by atoms with Gasteiger partial charge in [0.1, 0.15) is 17.2 Å². The Labute approximate surface area is 117 Å². The Morgan fingerprint density at radius 1 is 1.32 bits per heavy atom. The van der Waals surface area contributed by atoms with E-state index in [4.69, 9.17) is 14.6 Å². The number of aromatic carboxylic acids is 1. The molecule has 6 nitrogen and oxygen atoms in total. The highest BCUT2D eigenvalue weighted by Gasteiger charge is 2.18. The second kappa shape index (κ2) is 5.31. The third-order valence-electron chi connectivity index (χ3n) is 2.57. The standard InChI is InChI=1S/C12H11BrN2O4/c1-18-8-3-4-9(19-2)11(13)10(8)6-5-7(12(16)17)15-14-6/h3-5H,1-2H3,(H,14,15)(H,16,17). The molecule has 0 aliphatic heterocycles. The molecule has 0 atom stereocenters. The van der Waals surface area contributed by atoms with E-state index in [1.54, 1.807) is 19.2 Å². The summed E-state index contributed by atoms with van der Waals surface area (Å²) in [4.78, 5) is 10.9. The maximum absolute atomic E-state index is 10.9. The molecule has 1 aromatic carbocycles. The highest BCUT2D eigenvalue weighted by atomic mass is 79.9. The maximum atomic E-state index is 10.9. The zero-order chi connectivity index (χ0) is 14.0. The molecule has 2 N–H and O–H groups in total. The molecular formula is C12H11BrN2O4. The van der Waals surface area contributed by atoms with Crippen LogP contribution in [0.15, 0.2) is 22.7 Å². The van der Waals surface area contributed by atoms with Crippen LogP contribution in [0.2, 0.25) is 0 Å². The van der Waals surface area contributed by atoms with Crippen molar-refractivity contribution in [3.8, 4) is 22.8 Å². The minimum Gasteiger partial charge on any atom is -0.496 e. The molecule has 7 heteroatoms. The number of benzene rings is 1. The molecular weight excluding hydrogens is 316 g/mol. The van der Waals surface area contributed by atoms with Crippen molar-refractivity contribution < 1.29 is 19.4 Å². The molecule has 0 fully saturated rings. The number of carbonyl (C=O) groups is 1. The first-order valence-electron chi connectivity index (χ1n) is 5.28. The second-order valence-corrected chi connectivity index (χ2v) is 4.42. The summed E-state index contributed by atoms with van der Waals surface area (Å²) in [7, 11) is 3.08. The predicted octanol–water partition coefficient (Wildman–Crippen LogP) is 2.55. The fourth-order valence-electron chi connectivity index (χ4n) is 1.67. The summed E-state index contributed by atoms with van der Waals surface area (Å²) in [5.74, 6) is 0.100. The molecule has 0 amide bonds.